The van der Waals surface area contributed by atoms with Gasteiger partial charge in [-0.3, -0.25) is 0 Å². The van der Waals surface area contributed by atoms with Crippen molar-refractivity contribution < 1.29 is 0 Å². The Bertz CT molecular complexity index is 133. The zero-order valence-electron chi connectivity index (χ0n) is 13.3. The van der Waals surface area contributed by atoms with Crippen molar-refractivity contribution in [3.63, 3.8) is 0 Å². The van der Waals surface area contributed by atoms with Crippen molar-refractivity contribution in [2.45, 2.75) is 91.4 Å². The van der Waals surface area contributed by atoms with E-state index in [9.17, 15) is 0 Å². The molecule has 0 aliphatic carbocycles. The maximum Gasteiger partial charge on any atom is -0.00187 e. The van der Waals surface area contributed by atoms with Crippen molar-refractivity contribution in [2.24, 2.45) is 0 Å². The molecule has 0 radical (unpaired) electrons. The molecule has 0 amide bonds. The van der Waals surface area contributed by atoms with Gasteiger partial charge in [0.2, 0.25) is 0 Å². The third-order valence-electron chi connectivity index (χ3n) is 3.73. The van der Waals surface area contributed by atoms with Crippen LogP contribution < -0.4 is 0 Å². The summed E-state index contributed by atoms with van der Waals surface area (Å²) >= 11 is 0. The van der Waals surface area contributed by atoms with E-state index in [1.54, 1.807) is 0 Å². The fourth-order valence-corrected chi connectivity index (χ4v) is 2.45. The molecule has 0 saturated heterocycles. The molecule has 0 aromatic rings. The van der Waals surface area contributed by atoms with Crippen LogP contribution in [0.4, 0.5) is 0 Å². The van der Waals surface area contributed by atoms with E-state index in [1.807, 2.05) is 0 Å². The van der Waals surface area contributed by atoms with Crippen molar-refractivity contribution in [1.29, 1.82) is 0 Å². The highest BCUT2D eigenvalue weighted by Gasteiger charge is 2.03. The lowest BCUT2D eigenvalue weighted by Crippen LogP contribution is -2.27. The van der Waals surface area contributed by atoms with Gasteiger partial charge in [-0.1, -0.05) is 72.1 Å². The molecule has 0 atom stereocenters. The van der Waals surface area contributed by atoms with Gasteiger partial charge in [-0.2, -0.15) is 0 Å². The average Bonchev–Trinajstić information content (AvgIpc) is 2.39. The van der Waals surface area contributed by atoms with Crippen LogP contribution in [-0.4, -0.2) is 24.5 Å². The molecule has 0 aromatic heterocycles. The Morgan fingerprint density at radius 2 is 0.778 bits per heavy atom. The molecule has 0 heterocycles. The van der Waals surface area contributed by atoms with Crippen LogP contribution in [-0.2, 0) is 0 Å². The van der Waals surface area contributed by atoms with Gasteiger partial charge in [0, 0.05) is 0 Å². The van der Waals surface area contributed by atoms with Crippen LogP contribution in [0, 0.1) is 0 Å². The molecule has 0 unspecified atom stereocenters. The first-order valence-electron chi connectivity index (χ1n) is 8.57. The van der Waals surface area contributed by atoms with E-state index in [1.165, 1.54) is 90.3 Å². The second-order valence-corrected chi connectivity index (χ2v) is 5.67. The highest BCUT2D eigenvalue weighted by Crippen LogP contribution is 2.07. The molecule has 0 fully saturated rings. The lowest BCUT2D eigenvalue weighted by atomic mass is 10.1. The molecule has 1 heteroatoms. The maximum atomic E-state index is 2.72. The summed E-state index contributed by atoms with van der Waals surface area (Å²) in [4.78, 5) is 2.72. The minimum absolute atomic E-state index is 1.34. The van der Waals surface area contributed by atoms with E-state index in [4.69, 9.17) is 0 Å². The van der Waals surface area contributed by atoms with E-state index >= 15 is 0 Å². The van der Waals surface area contributed by atoms with Crippen LogP contribution in [0.5, 0.6) is 0 Å². The number of rotatable bonds is 14. The van der Waals surface area contributed by atoms with Gasteiger partial charge in [0.15, 0.2) is 0 Å². The molecule has 18 heavy (non-hydrogen) atoms. The predicted octanol–water partition coefficient (Wildman–Crippen LogP) is 5.64. The topological polar surface area (TPSA) is 3.24 Å². The predicted molar refractivity (Wildman–Crippen MR) is 84.2 cm³/mol. The van der Waals surface area contributed by atoms with Crippen LogP contribution in [0.1, 0.15) is 91.4 Å². The van der Waals surface area contributed by atoms with Gasteiger partial charge < -0.3 is 4.90 Å². The molecule has 0 rings (SSSR count). The zero-order chi connectivity index (χ0) is 13.5. The van der Waals surface area contributed by atoms with Gasteiger partial charge in [0.05, 0.1) is 0 Å². The fourth-order valence-electron chi connectivity index (χ4n) is 2.45. The Balaban J connectivity index is 3.62. The summed E-state index contributed by atoms with van der Waals surface area (Å²) < 4.78 is 0. The Kier molecular flexibility index (Phi) is 15.0. The van der Waals surface area contributed by atoms with Gasteiger partial charge in [-0.05, 0) is 38.9 Å². The first-order valence-corrected chi connectivity index (χ1v) is 8.57. The molecule has 0 aromatic carbocycles. The van der Waals surface area contributed by atoms with Crippen LogP contribution >= 0.6 is 0 Å². The highest BCUT2D eigenvalue weighted by molar-refractivity contribution is 4.59. The molecule has 0 saturated carbocycles. The number of unbranched alkanes of at least 4 members (excludes halogenated alkanes) is 8. The molecule has 0 aliphatic heterocycles. The summed E-state index contributed by atoms with van der Waals surface area (Å²) in [5.74, 6) is 0. The molecule has 110 valence electrons. The second kappa shape index (κ2) is 15.0. The number of nitrogens with zero attached hydrogens (tertiary/aromatic N) is 1. The van der Waals surface area contributed by atoms with E-state index in [0.717, 1.165) is 0 Å². The summed E-state index contributed by atoms with van der Waals surface area (Å²) in [6, 6.07) is 0. The summed E-state index contributed by atoms with van der Waals surface area (Å²) in [5, 5.41) is 0. The first-order chi connectivity index (χ1) is 8.85. The Morgan fingerprint density at radius 1 is 0.444 bits per heavy atom. The van der Waals surface area contributed by atoms with Gasteiger partial charge in [-0.15, -0.1) is 0 Å². The zero-order valence-corrected chi connectivity index (χ0v) is 13.3. The summed E-state index contributed by atoms with van der Waals surface area (Å²) in [6.45, 7) is 10.9. The minimum atomic E-state index is 1.34. The van der Waals surface area contributed by atoms with Crippen molar-refractivity contribution in [1.82, 2.24) is 4.90 Å². The number of hydrogen-bond donors (Lipinski definition) is 0. The summed E-state index contributed by atoms with van der Waals surface area (Å²) in [5.41, 5.74) is 0. The number of hydrogen-bond acceptors (Lipinski definition) is 1. The standard InChI is InChI=1S/C17H37N/c1-4-7-10-13-16-18(15-12-9-6-3)17-14-11-8-5-2/h4-17H2,1-3H3. The van der Waals surface area contributed by atoms with Crippen molar-refractivity contribution in [2.75, 3.05) is 19.6 Å². The maximum absolute atomic E-state index is 2.72. The molecular weight excluding hydrogens is 218 g/mol. The van der Waals surface area contributed by atoms with E-state index < -0.39 is 0 Å². The van der Waals surface area contributed by atoms with E-state index in [2.05, 4.69) is 25.7 Å². The lowest BCUT2D eigenvalue weighted by molar-refractivity contribution is 0.255. The van der Waals surface area contributed by atoms with Gasteiger partial charge in [0.1, 0.15) is 0 Å². The molecule has 0 bridgehead atoms. The monoisotopic (exact) mass is 255 g/mol. The second-order valence-electron chi connectivity index (χ2n) is 5.67. The molecule has 1 nitrogen and oxygen atoms in total. The quantitative estimate of drug-likeness (QED) is 0.363. The SMILES string of the molecule is CCCCCCN(CCCCC)CCCCCC. The first kappa shape index (κ1) is 18.0. The van der Waals surface area contributed by atoms with Crippen LogP contribution in [0.15, 0.2) is 0 Å². The van der Waals surface area contributed by atoms with Crippen molar-refractivity contribution in [3.05, 3.63) is 0 Å². The van der Waals surface area contributed by atoms with Crippen LogP contribution in [0.3, 0.4) is 0 Å². The van der Waals surface area contributed by atoms with Gasteiger partial charge in [-0.25, -0.2) is 0 Å². The average molecular weight is 255 g/mol. The van der Waals surface area contributed by atoms with Crippen molar-refractivity contribution in [3.8, 4) is 0 Å². The Hall–Kier alpha value is -0.0400. The molecule has 0 N–H and O–H groups in total. The van der Waals surface area contributed by atoms with Gasteiger partial charge in [0.25, 0.3) is 0 Å². The largest absolute Gasteiger partial charge is 0.303 e. The van der Waals surface area contributed by atoms with E-state index in [0.29, 0.717) is 0 Å². The van der Waals surface area contributed by atoms with E-state index in [-0.39, 0.29) is 0 Å². The Morgan fingerprint density at radius 3 is 1.17 bits per heavy atom. The third-order valence-corrected chi connectivity index (χ3v) is 3.73. The minimum Gasteiger partial charge on any atom is -0.303 e. The lowest BCUT2D eigenvalue weighted by Gasteiger charge is -2.22. The smallest absolute Gasteiger partial charge is 0.00187 e. The molecule has 0 aliphatic rings. The normalized spacial score (nSPS) is 11.3. The van der Waals surface area contributed by atoms with Gasteiger partial charge >= 0.3 is 0 Å². The fraction of sp³-hybridized carbons (Fsp3) is 1.00. The Labute approximate surface area is 116 Å². The molecular formula is C17H37N. The summed E-state index contributed by atoms with van der Waals surface area (Å²) in [7, 11) is 0. The summed E-state index contributed by atoms with van der Waals surface area (Å²) in [6.07, 6.45) is 15.4. The third kappa shape index (κ3) is 12.4. The molecule has 0 spiro atoms. The van der Waals surface area contributed by atoms with Crippen molar-refractivity contribution >= 4 is 0 Å². The highest BCUT2D eigenvalue weighted by atomic mass is 15.1. The van der Waals surface area contributed by atoms with Crippen LogP contribution in [0.25, 0.3) is 0 Å². The van der Waals surface area contributed by atoms with Crippen LogP contribution in [0.2, 0.25) is 0 Å².